The predicted molar refractivity (Wildman–Crippen MR) is 47.5 cm³/mol. The zero-order valence-electron chi connectivity index (χ0n) is 7.02. The summed E-state index contributed by atoms with van der Waals surface area (Å²) in [4.78, 5) is 5.65. The molecule has 2 rings (SSSR count). The highest BCUT2D eigenvalue weighted by molar-refractivity contribution is 5.75. The van der Waals surface area contributed by atoms with Crippen LogP contribution in [0.2, 0.25) is 0 Å². The van der Waals surface area contributed by atoms with Crippen molar-refractivity contribution in [2.75, 3.05) is 12.5 Å². The molecule has 1 N–H and O–H groups in total. The van der Waals surface area contributed by atoms with Gasteiger partial charge in [0, 0.05) is 18.6 Å². The zero-order valence-corrected chi connectivity index (χ0v) is 7.02. The molecule has 0 saturated carbocycles. The molecular formula is C8H7N5. The number of nitrogens with one attached hydrogen (secondary N) is 1. The minimum atomic E-state index is 0.545. The molecule has 0 amide bonds. The minimum Gasteiger partial charge on any atom is -0.311 e. The number of nitriles is 1. The molecule has 64 valence electrons. The second kappa shape index (κ2) is 2.75. The number of fused-ring (bicyclic) bond motifs is 1. The van der Waals surface area contributed by atoms with Gasteiger partial charge in [0.05, 0.1) is 11.8 Å². The number of hydrogen-bond donors (Lipinski definition) is 1. The summed E-state index contributed by atoms with van der Waals surface area (Å²) in [5.41, 5.74) is 4.12. The summed E-state index contributed by atoms with van der Waals surface area (Å²) >= 11 is 0. The first-order valence-electron chi connectivity index (χ1n) is 3.77. The largest absolute Gasteiger partial charge is 0.311 e. The second-order valence-electron chi connectivity index (χ2n) is 2.53. The van der Waals surface area contributed by atoms with Crippen LogP contribution in [-0.2, 0) is 0 Å². The van der Waals surface area contributed by atoms with E-state index in [0.29, 0.717) is 5.56 Å². The number of nitrogens with zero attached hydrogens (tertiary/aromatic N) is 4. The van der Waals surface area contributed by atoms with Crippen molar-refractivity contribution in [2.24, 2.45) is 0 Å². The Morgan fingerprint density at radius 2 is 2.38 bits per heavy atom. The van der Waals surface area contributed by atoms with Crippen LogP contribution in [0.15, 0.2) is 18.5 Å². The van der Waals surface area contributed by atoms with Crippen LogP contribution in [0, 0.1) is 11.3 Å². The maximum Gasteiger partial charge on any atom is 0.180 e. The molecule has 0 aliphatic heterocycles. The lowest BCUT2D eigenvalue weighted by Gasteiger charge is -1.98. The molecule has 2 aromatic rings. The van der Waals surface area contributed by atoms with Crippen LogP contribution in [0.1, 0.15) is 5.56 Å². The van der Waals surface area contributed by atoms with Crippen molar-refractivity contribution in [3.05, 3.63) is 24.0 Å². The average molecular weight is 173 g/mol. The number of aromatic nitrogens is 3. The molecule has 13 heavy (non-hydrogen) atoms. The van der Waals surface area contributed by atoms with E-state index in [1.54, 1.807) is 24.1 Å². The lowest BCUT2D eigenvalue weighted by molar-refractivity contribution is 0.800. The predicted octanol–water partition coefficient (Wildman–Crippen LogP) is 0.476. The summed E-state index contributed by atoms with van der Waals surface area (Å²) < 4.78 is 0. The van der Waals surface area contributed by atoms with Gasteiger partial charge in [0.25, 0.3) is 0 Å². The molecule has 0 aromatic carbocycles. The fourth-order valence-electron chi connectivity index (χ4n) is 1.15. The Bertz CT molecular complexity index is 479. The lowest BCUT2D eigenvalue weighted by Crippen LogP contribution is -2.10. The molecular weight excluding hydrogens is 166 g/mol. The van der Waals surface area contributed by atoms with Crippen molar-refractivity contribution in [1.82, 2.24) is 14.9 Å². The van der Waals surface area contributed by atoms with E-state index in [4.69, 9.17) is 5.26 Å². The first-order chi connectivity index (χ1) is 6.35. The van der Waals surface area contributed by atoms with E-state index in [9.17, 15) is 0 Å². The van der Waals surface area contributed by atoms with Crippen LogP contribution in [-0.4, -0.2) is 21.9 Å². The summed E-state index contributed by atoms with van der Waals surface area (Å²) in [6, 6.07) is 3.78. The molecule has 0 spiro atoms. The monoisotopic (exact) mass is 173 g/mol. The van der Waals surface area contributed by atoms with E-state index in [0.717, 1.165) is 11.0 Å². The number of pyridine rings is 1. The molecule has 0 fully saturated rings. The van der Waals surface area contributed by atoms with Crippen LogP contribution in [0.3, 0.4) is 0 Å². The van der Waals surface area contributed by atoms with Gasteiger partial charge in [0.15, 0.2) is 5.65 Å². The van der Waals surface area contributed by atoms with Crippen LogP contribution < -0.4 is 5.43 Å². The van der Waals surface area contributed by atoms with E-state index < -0.39 is 0 Å². The van der Waals surface area contributed by atoms with E-state index >= 15 is 0 Å². The third-order valence-corrected chi connectivity index (χ3v) is 1.75. The smallest absolute Gasteiger partial charge is 0.180 e. The molecule has 0 radical (unpaired) electrons. The van der Waals surface area contributed by atoms with Gasteiger partial charge in [0.2, 0.25) is 0 Å². The molecule has 5 nitrogen and oxygen atoms in total. The summed E-state index contributed by atoms with van der Waals surface area (Å²) in [6.07, 6.45) is 3.19. The third kappa shape index (κ3) is 1.08. The molecule has 0 bridgehead atoms. The zero-order chi connectivity index (χ0) is 9.26. The van der Waals surface area contributed by atoms with E-state index in [-0.39, 0.29) is 0 Å². The van der Waals surface area contributed by atoms with Gasteiger partial charge in [0.1, 0.15) is 6.07 Å². The van der Waals surface area contributed by atoms with Crippen molar-refractivity contribution >= 4 is 11.0 Å². The Balaban J connectivity index is 2.70. The van der Waals surface area contributed by atoms with Crippen LogP contribution >= 0.6 is 0 Å². The van der Waals surface area contributed by atoms with Gasteiger partial charge in [-0.05, 0) is 6.07 Å². The van der Waals surface area contributed by atoms with Gasteiger partial charge < -0.3 is 5.43 Å². The molecule has 0 saturated heterocycles. The maximum absolute atomic E-state index is 8.63. The highest BCUT2D eigenvalue weighted by Crippen LogP contribution is 2.10. The maximum atomic E-state index is 8.63. The number of hydrogen-bond acceptors (Lipinski definition) is 4. The molecule has 0 aliphatic rings. The minimum absolute atomic E-state index is 0.545. The van der Waals surface area contributed by atoms with E-state index in [1.165, 1.54) is 6.20 Å². The molecule has 0 atom stereocenters. The van der Waals surface area contributed by atoms with E-state index in [1.807, 2.05) is 6.07 Å². The van der Waals surface area contributed by atoms with Gasteiger partial charge >= 0.3 is 0 Å². The van der Waals surface area contributed by atoms with Gasteiger partial charge in [-0.1, -0.05) is 0 Å². The van der Waals surface area contributed by atoms with Gasteiger partial charge in [-0.2, -0.15) is 15.2 Å². The van der Waals surface area contributed by atoms with Crippen molar-refractivity contribution in [1.29, 1.82) is 5.26 Å². The van der Waals surface area contributed by atoms with Crippen LogP contribution in [0.5, 0.6) is 0 Å². The Morgan fingerprint density at radius 1 is 1.54 bits per heavy atom. The fraction of sp³-hybridized carbons (Fsp3) is 0.125. The van der Waals surface area contributed by atoms with Crippen molar-refractivity contribution in [2.45, 2.75) is 0 Å². The lowest BCUT2D eigenvalue weighted by atomic mass is 10.2. The number of rotatable bonds is 1. The average Bonchev–Trinajstić information content (AvgIpc) is 2.59. The molecule has 5 heteroatoms. The van der Waals surface area contributed by atoms with Crippen LogP contribution in [0.4, 0.5) is 0 Å². The molecule has 0 aliphatic carbocycles. The molecule has 2 aromatic heterocycles. The second-order valence-corrected chi connectivity index (χ2v) is 2.53. The van der Waals surface area contributed by atoms with Crippen molar-refractivity contribution in [3.63, 3.8) is 0 Å². The Hall–Kier alpha value is -2.09. The third-order valence-electron chi connectivity index (χ3n) is 1.75. The highest BCUT2D eigenvalue weighted by atomic mass is 15.6. The van der Waals surface area contributed by atoms with Gasteiger partial charge in [-0.3, -0.25) is 0 Å². The summed E-state index contributed by atoms with van der Waals surface area (Å²) in [5, 5.41) is 13.5. The Morgan fingerprint density at radius 3 is 3.08 bits per heavy atom. The normalized spacial score (nSPS) is 9.85. The summed E-state index contributed by atoms with van der Waals surface area (Å²) in [6.45, 7) is 0. The van der Waals surface area contributed by atoms with Gasteiger partial charge in [-0.15, -0.1) is 0 Å². The first-order valence-corrected chi connectivity index (χ1v) is 3.77. The SMILES string of the molecule is CNn1ncc2cc(C#N)cnc21. The molecule has 0 unspecified atom stereocenters. The van der Waals surface area contributed by atoms with Crippen molar-refractivity contribution < 1.29 is 0 Å². The molecule has 2 heterocycles. The van der Waals surface area contributed by atoms with E-state index in [2.05, 4.69) is 15.5 Å². The Kier molecular flexibility index (Phi) is 1.60. The first kappa shape index (κ1) is 7.55. The topological polar surface area (TPSA) is 66.5 Å². The quantitative estimate of drug-likeness (QED) is 0.681. The van der Waals surface area contributed by atoms with Gasteiger partial charge in [-0.25, -0.2) is 4.98 Å². The summed E-state index contributed by atoms with van der Waals surface area (Å²) in [5.74, 6) is 0. The Labute approximate surface area is 74.6 Å². The standard InChI is InChI=1S/C8H7N5/c1-10-13-8-7(5-12-13)2-6(3-9)4-11-8/h2,4-5,10H,1H3. The summed E-state index contributed by atoms with van der Waals surface area (Å²) in [7, 11) is 1.76. The van der Waals surface area contributed by atoms with Crippen molar-refractivity contribution in [3.8, 4) is 6.07 Å². The highest BCUT2D eigenvalue weighted by Gasteiger charge is 2.02. The fourth-order valence-corrected chi connectivity index (χ4v) is 1.15. The van der Waals surface area contributed by atoms with Crippen LogP contribution in [0.25, 0.3) is 11.0 Å².